The molecule has 0 aromatic carbocycles. The van der Waals surface area contributed by atoms with Gasteiger partial charge in [-0.05, 0) is 73.9 Å². The molecule has 2 saturated heterocycles. The van der Waals surface area contributed by atoms with Crippen molar-refractivity contribution in [1.82, 2.24) is 4.90 Å². The van der Waals surface area contributed by atoms with Crippen molar-refractivity contribution in [1.29, 1.82) is 0 Å². The first-order valence-electron chi connectivity index (χ1n) is 21.3. The van der Waals surface area contributed by atoms with Crippen molar-refractivity contribution in [3.8, 4) is 0 Å². The summed E-state index contributed by atoms with van der Waals surface area (Å²) in [5, 5.41) is 34.6. The lowest BCUT2D eigenvalue weighted by Gasteiger charge is -2.53. The lowest BCUT2D eigenvalue weighted by Crippen LogP contribution is -2.67. The number of hydrogen-bond donors (Lipinski definition) is 3. The van der Waals surface area contributed by atoms with Gasteiger partial charge in [0.05, 0.1) is 43.5 Å². The lowest BCUT2D eigenvalue weighted by molar-refractivity contribution is -0.361. The van der Waals surface area contributed by atoms with Crippen LogP contribution in [-0.4, -0.2) is 143 Å². The van der Waals surface area contributed by atoms with Crippen LogP contribution in [-0.2, 0) is 52.3 Å². The highest BCUT2D eigenvalue weighted by Crippen LogP contribution is 2.41. The monoisotopic (exact) mass is 840 g/mol. The molecule has 2 unspecified atom stereocenters. The van der Waals surface area contributed by atoms with E-state index in [1.54, 1.807) is 80.8 Å². The van der Waals surface area contributed by atoms with Crippen molar-refractivity contribution in [3.63, 3.8) is 0 Å². The number of ether oxygens (including phenoxy) is 7. The quantitative estimate of drug-likeness (QED) is 0.187. The van der Waals surface area contributed by atoms with Crippen LogP contribution in [0.4, 0.5) is 0 Å². The Morgan fingerprint density at radius 3 is 2.19 bits per heavy atom. The lowest BCUT2D eigenvalue weighted by atomic mass is 9.78. The van der Waals surface area contributed by atoms with Crippen LogP contribution in [0.1, 0.15) is 114 Å². The van der Waals surface area contributed by atoms with E-state index in [0.717, 1.165) is 0 Å². The van der Waals surface area contributed by atoms with Crippen LogP contribution in [0.2, 0.25) is 0 Å². The number of likely N-dealkylation sites (N-methyl/N-ethyl adjacent to an activating group) is 1. The molecule has 3 aliphatic heterocycles. The van der Waals surface area contributed by atoms with E-state index in [2.05, 4.69) is 0 Å². The molecule has 0 aromatic heterocycles. The average molecular weight is 840 g/mol. The molecule has 0 aromatic rings. The molecule has 3 heterocycles. The molecule has 3 N–H and O–H groups in total. The number of Topliss-reactive ketones (excluding diaryl/α,β-unsaturated/α-hetero) is 1. The van der Waals surface area contributed by atoms with Crippen molar-refractivity contribution < 1.29 is 67.7 Å². The predicted octanol–water partition coefficient (Wildman–Crippen LogP) is 4.21. The number of hydrogen-bond acceptors (Lipinski definition) is 15. The maximum atomic E-state index is 13.3. The van der Waals surface area contributed by atoms with Gasteiger partial charge in [0, 0.05) is 38.0 Å². The van der Waals surface area contributed by atoms with Gasteiger partial charge in [-0.15, -0.1) is 0 Å². The van der Waals surface area contributed by atoms with Gasteiger partial charge in [-0.25, -0.2) is 0 Å². The number of carbonyl (C=O) groups is 4. The van der Waals surface area contributed by atoms with Gasteiger partial charge < -0.3 is 58.2 Å². The van der Waals surface area contributed by atoms with Crippen LogP contribution in [0.25, 0.3) is 0 Å². The van der Waals surface area contributed by atoms with E-state index in [-0.39, 0.29) is 50.4 Å². The Morgan fingerprint density at radius 2 is 1.59 bits per heavy atom. The molecule has 16 atom stereocenters. The zero-order valence-electron chi connectivity index (χ0n) is 37.3. The van der Waals surface area contributed by atoms with Crippen LogP contribution in [0.3, 0.4) is 0 Å². The van der Waals surface area contributed by atoms with Gasteiger partial charge in [0.25, 0.3) is 0 Å². The van der Waals surface area contributed by atoms with E-state index in [1.165, 1.54) is 6.92 Å². The number of cyclic esters (lactones) is 1. The summed E-state index contributed by atoms with van der Waals surface area (Å²) in [5.41, 5.74) is -1.49. The van der Waals surface area contributed by atoms with E-state index in [4.69, 9.17) is 33.2 Å². The Morgan fingerprint density at radius 1 is 0.949 bits per heavy atom. The fourth-order valence-electron chi connectivity index (χ4n) is 8.83. The number of esters is 3. The molecule has 0 amide bonds. The standard InChI is InChI=1S/C44H73NO14/c1-13-35(48)56-33-22-37(50)54-27(5)18-16-15-17-19-32(47)25(3)20-31(21-26(4)46)40(28(33)6)53-23-34-39(51)38(45(11)12)41(29(7)55-34)59-44(10)24-43(9,52)42(30(8)58-44)57-36(49)14-2/h15-17,19,25,27-34,38-42,47,51-52H,13-14,18,20-24H2,1-12H3/b16-15-,19-17-/t25-,27-,28+,29?,30?,31-,32+,33-,34+,38+,39+,40-,41-,42+,43+,44+/m1/s1. The average Bonchev–Trinajstić information content (AvgIpc) is 3.12. The Bertz CT molecular complexity index is 1450. The first kappa shape index (κ1) is 50.6. The molecule has 0 bridgehead atoms. The predicted molar refractivity (Wildman–Crippen MR) is 218 cm³/mol. The summed E-state index contributed by atoms with van der Waals surface area (Å²) in [6.07, 6.45) is -0.381. The third kappa shape index (κ3) is 14.4. The number of carbonyl (C=O) groups excluding carboxylic acids is 4. The Labute approximate surface area is 351 Å². The first-order valence-corrected chi connectivity index (χ1v) is 21.3. The highest BCUT2D eigenvalue weighted by molar-refractivity contribution is 5.76. The SMILES string of the molecule is CCC(=O)O[C@@H]1CC(=O)O[C@H](C)C/C=C\C=C/[C@H](O)[C@H](C)C[C@H](CC(C)=O)[C@H](OC[C@@H]2OC(C)[C@@H](O[C@@]3(C)C[C@](C)(O)[C@@H](OC(=O)CC)C(C)O3)[C@@H](N(C)C)[C@H]2O)[C@H]1C. The molecule has 15 heteroatoms. The zero-order chi connectivity index (χ0) is 44.4. The molecular formula is C44H73NO14. The minimum Gasteiger partial charge on any atom is -0.462 e. The highest BCUT2D eigenvalue weighted by Gasteiger charge is 2.55. The number of aliphatic hydroxyl groups excluding tert-OH is 2. The molecule has 3 aliphatic rings. The summed E-state index contributed by atoms with van der Waals surface area (Å²) in [6, 6.07) is -0.655. The molecule has 338 valence electrons. The van der Waals surface area contributed by atoms with Crippen LogP contribution in [0.5, 0.6) is 0 Å². The fourth-order valence-corrected chi connectivity index (χ4v) is 8.83. The van der Waals surface area contributed by atoms with Crippen molar-refractivity contribution in [2.24, 2.45) is 17.8 Å². The van der Waals surface area contributed by atoms with E-state index in [9.17, 15) is 34.5 Å². The third-order valence-electron chi connectivity index (χ3n) is 11.7. The highest BCUT2D eigenvalue weighted by atomic mass is 16.7. The Balaban J connectivity index is 1.96. The molecule has 0 spiro atoms. The van der Waals surface area contributed by atoms with Crippen molar-refractivity contribution >= 4 is 23.7 Å². The van der Waals surface area contributed by atoms with Crippen LogP contribution in [0.15, 0.2) is 24.3 Å². The summed E-state index contributed by atoms with van der Waals surface area (Å²) in [5.74, 6) is -4.46. The van der Waals surface area contributed by atoms with Gasteiger partial charge in [0.1, 0.15) is 41.9 Å². The molecule has 3 rings (SSSR count). The number of ketones is 1. The van der Waals surface area contributed by atoms with Gasteiger partial charge in [0.15, 0.2) is 11.9 Å². The van der Waals surface area contributed by atoms with Gasteiger partial charge in [0.2, 0.25) is 0 Å². The molecule has 2 fully saturated rings. The van der Waals surface area contributed by atoms with E-state index in [1.807, 2.05) is 24.8 Å². The maximum absolute atomic E-state index is 13.3. The van der Waals surface area contributed by atoms with Crippen molar-refractivity contribution in [2.75, 3.05) is 20.7 Å². The first-order chi connectivity index (χ1) is 27.5. The summed E-state index contributed by atoms with van der Waals surface area (Å²) in [6.45, 7) is 16.9. The second-order valence-corrected chi connectivity index (χ2v) is 17.6. The second-order valence-electron chi connectivity index (χ2n) is 17.6. The smallest absolute Gasteiger partial charge is 0.309 e. The van der Waals surface area contributed by atoms with Gasteiger partial charge in [-0.3, -0.25) is 14.4 Å². The Hall–Kier alpha value is -2.76. The van der Waals surface area contributed by atoms with Crippen LogP contribution >= 0.6 is 0 Å². The third-order valence-corrected chi connectivity index (χ3v) is 11.7. The van der Waals surface area contributed by atoms with E-state index >= 15 is 0 Å². The largest absolute Gasteiger partial charge is 0.462 e. The fraction of sp³-hybridized carbons (Fsp3) is 0.818. The van der Waals surface area contributed by atoms with Crippen LogP contribution in [0, 0.1) is 17.8 Å². The normalized spacial score (nSPS) is 41.4. The number of rotatable bonds is 12. The topological polar surface area (TPSA) is 197 Å². The number of allylic oxidation sites excluding steroid dienone is 2. The number of aliphatic hydroxyl groups is 3. The molecule has 0 aliphatic carbocycles. The van der Waals surface area contributed by atoms with Crippen molar-refractivity contribution in [2.45, 2.75) is 193 Å². The number of nitrogens with zero attached hydrogens (tertiary/aromatic N) is 1. The summed E-state index contributed by atoms with van der Waals surface area (Å²) < 4.78 is 43.2. The summed E-state index contributed by atoms with van der Waals surface area (Å²) in [4.78, 5) is 52.9. The maximum Gasteiger partial charge on any atom is 0.309 e. The molecule has 59 heavy (non-hydrogen) atoms. The minimum atomic E-state index is -1.49. The van der Waals surface area contributed by atoms with E-state index in [0.29, 0.717) is 12.8 Å². The summed E-state index contributed by atoms with van der Waals surface area (Å²) in [7, 11) is 3.61. The molecular weight excluding hydrogens is 766 g/mol. The molecule has 0 saturated carbocycles. The second kappa shape index (κ2) is 22.4. The van der Waals surface area contributed by atoms with Gasteiger partial charge in [-0.2, -0.15) is 0 Å². The van der Waals surface area contributed by atoms with E-state index < -0.39 is 108 Å². The van der Waals surface area contributed by atoms with Crippen molar-refractivity contribution in [3.05, 3.63) is 24.3 Å². The van der Waals surface area contributed by atoms with Gasteiger partial charge >= 0.3 is 17.9 Å². The Kier molecular flexibility index (Phi) is 19.2. The summed E-state index contributed by atoms with van der Waals surface area (Å²) >= 11 is 0. The van der Waals surface area contributed by atoms with Crippen LogP contribution < -0.4 is 0 Å². The zero-order valence-corrected chi connectivity index (χ0v) is 37.3. The minimum absolute atomic E-state index is 0.0368. The van der Waals surface area contributed by atoms with Gasteiger partial charge in [-0.1, -0.05) is 52.0 Å². The molecule has 0 radical (unpaired) electrons. The molecule has 15 nitrogen and oxygen atoms in total.